The summed E-state index contributed by atoms with van der Waals surface area (Å²) in [7, 11) is 0. The van der Waals surface area contributed by atoms with Gasteiger partial charge in [-0.15, -0.1) is 0 Å². The topological polar surface area (TPSA) is 9.86 Å². The van der Waals surface area contributed by atoms with Gasteiger partial charge in [-0.3, -0.25) is 0 Å². The number of hydrogen-bond acceptors (Lipinski definition) is 0. The average Bonchev–Trinajstić information content (AvgIpc) is 3.36. The summed E-state index contributed by atoms with van der Waals surface area (Å²) < 4.78 is 4.87. The van der Waals surface area contributed by atoms with Crippen LogP contribution in [-0.4, -0.2) is 9.13 Å². The number of nitrogens with zero attached hydrogens (tertiary/aromatic N) is 2. The Morgan fingerprint density at radius 1 is 0.441 bits per heavy atom. The van der Waals surface area contributed by atoms with Gasteiger partial charge in [-0.25, -0.2) is 0 Å². The fraction of sp³-hybridized carbons (Fsp3) is 0.0625. The largest absolute Gasteiger partial charge is 0.309 e. The molecule has 0 N–H and O–H groups in total. The van der Waals surface area contributed by atoms with Crippen LogP contribution in [0.15, 0.2) is 109 Å². The minimum atomic E-state index is 1.19. The van der Waals surface area contributed by atoms with E-state index in [2.05, 4.69) is 132 Å². The molecule has 0 bridgehead atoms. The molecule has 0 aliphatic heterocycles. The molecule has 0 fully saturated rings. The minimum absolute atomic E-state index is 1.19. The molecule has 2 heteroatoms. The number of hydrogen-bond donors (Lipinski definition) is 0. The van der Waals surface area contributed by atoms with E-state index < -0.39 is 0 Å². The smallest absolute Gasteiger partial charge is 0.0641 e. The molecule has 7 aromatic rings. The van der Waals surface area contributed by atoms with E-state index in [1.807, 2.05) is 0 Å². The number of fused-ring (bicyclic) bond motifs is 7. The third kappa shape index (κ3) is 2.63. The molecule has 162 valence electrons. The van der Waals surface area contributed by atoms with Gasteiger partial charge in [0.1, 0.15) is 0 Å². The first-order chi connectivity index (χ1) is 16.7. The van der Waals surface area contributed by atoms with Gasteiger partial charge in [0, 0.05) is 32.9 Å². The van der Waals surface area contributed by atoms with Crippen molar-refractivity contribution in [3.8, 4) is 11.4 Å². The van der Waals surface area contributed by atoms with Gasteiger partial charge in [0.15, 0.2) is 0 Å². The van der Waals surface area contributed by atoms with Gasteiger partial charge >= 0.3 is 0 Å². The van der Waals surface area contributed by atoms with E-state index >= 15 is 0 Å². The zero-order valence-electron chi connectivity index (χ0n) is 19.3. The molecule has 0 saturated heterocycles. The Labute approximate surface area is 198 Å². The summed E-state index contributed by atoms with van der Waals surface area (Å²) in [4.78, 5) is 0. The van der Waals surface area contributed by atoms with E-state index in [4.69, 9.17) is 0 Å². The Bertz CT molecular complexity index is 1850. The maximum absolute atomic E-state index is 2.45. The van der Waals surface area contributed by atoms with E-state index in [-0.39, 0.29) is 0 Å². The fourth-order valence-corrected chi connectivity index (χ4v) is 5.53. The molecule has 0 radical (unpaired) electrons. The second kappa shape index (κ2) is 7.10. The van der Waals surface area contributed by atoms with Crippen LogP contribution in [0.5, 0.6) is 0 Å². The highest BCUT2D eigenvalue weighted by molar-refractivity contribution is 6.26. The monoisotopic (exact) mass is 436 g/mol. The highest BCUT2D eigenvalue weighted by Crippen LogP contribution is 2.42. The lowest BCUT2D eigenvalue weighted by molar-refractivity contribution is 1.17. The maximum Gasteiger partial charge on any atom is 0.0641 e. The van der Waals surface area contributed by atoms with Gasteiger partial charge in [0.05, 0.1) is 22.1 Å². The van der Waals surface area contributed by atoms with E-state index in [0.29, 0.717) is 0 Å². The molecule has 0 atom stereocenters. The molecule has 0 spiro atoms. The standard InChI is InChI=1S/C32H24N2/c1-21-13-15-25-26-17-18-28-31(32(26)34(29(25)19-21)24-11-7-4-8-12-24)27-16-14-22(2)20-30(27)33(28)23-9-5-3-6-10-23/h3-20H,1-2H3. The van der Waals surface area contributed by atoms with Crippen LogP contribution in [0.2, 0.25) is 0 Å². The number of aryl methyl sites for hydroxylation is 2. The van der Waals surface area contributed by atoms with Gasteiger partial charge in [-0.05, 0) is 67.4 Å². The molecule has 34 heavy (non-hydrogen) atoms. The summed E-state index contributed by atoms with van der Waals surface area (Å²) in [5, 5.41) is 5.17. The molecule has 2 aromatic heterocycles. The van der Waals surface area contributed by atoms with Crippen LogP contribution in [0.25, 0.3) is 55.0 Å². The summed E-state index contributed by atoms with van der Waals surface area (Å²) in [5.41, 5.74) is 9.91. The van der Waals surface area contributed by atoms with E-state index in [0.717, 1.165) is 0 Å². The van der Waals surface area contributed by atoms with Crippen LogP contribution in [0, 0.1) is 13.8 Å². The third-order valence-electron chi connectivity index (χ3n) is 7.00. The number of aromatic nitrogens is 2. The number of rotatable bonds is 2. The fourth-order valence-electron chi connectivity index (χ4n) is 5.53. The van der Waals surface area contributed by atoms with Gasteiger partial charge in [0.25, 0.3) is 0 Å². The molecule has 2 heterocycles. The lowest BCUT2D eigenvalue weighted by Gasteiger charge is -2.10. The molecule has 0 aliphatic carbocycles. The zero-order chi connectivity index (χ0) is 22.8. The Balaban J connectivity index is 1.78. The Hall–Kier alpha value is -4.30. The Morgan fingerprint density at radius 3 is 1.62 bits per heavy atom. The van der Waals surface area contributed by atoms with Crippen LogP contribution in [-0.2, 0) is 0 Å². The number of para-hydroxylation sites is 2. The highest BCUT2D eigenvalue weighted by atomic mass is 15.0. The van der Waals surface area contributed by atoms with Crippen LogP contribution in [0.1, 0.15) is 11.1 Å². The molecular weight excluding hydrogens is 412 g/mol. The summed E-state index contributed by atoms with van der Waals surface area (Å²) in [6.45, 7) is 4.35. The van der Waals surface area contributed by atoms with Crippen molar-refractivity contribution < 1.29 is 0 Å². The van der Waals surface area contributed by atoms with Crippen LogP contribution >= 0.6 is 0 Å². The predicted molar refractivity (Wildman–Crippen MR) is 145 cm³/mol. The minimum Gasteiger partial charge on any atom is -0.309 e. The second-order valence-electron chi connectivity index (χ2n) is 9.24. The summed E-state index contributed by atoms with van der Waals surface area (Å²) in [6, 6.07) is 39.7. The predicted octanol–water partition coefficient (Wildman–Crippen LogP) is 8.50. The summed E-state index contributed by atoms with van der Waals surface area (Å²) >= 11 is 0. The molecular formula is C32H24N2. The van der Waals surface area contributed by atoms with Crippen LogP contribution in [0.4, 0.5) is 0 Å². The molecule has 0 unspecified atom stereocenters. The SMILES string of the molecule is Cc1ccc2c3c(ccc4c5ccc(C)cc5n(-c5ccccc5)c43)n(-c3ccccc3)c2c1. The lowest BCUT2D eigenvalue weighted by Crippen LogP contribution is -1.95. The van der Waals surface area contributed by atoms with Crippen molar-refractivity contribution in [1.82, 2.24) is 9.13 Å². The van der Waals surface area contributed by atoms with Crippen molar-refractivity contribution in [3.05, 3.63) is 120 Å². The van der Waals surface area contributed by atoms with Gasteiger partial charge in [0.2, 0.25) is 0 Å². The first kappa shape index (κ1) is 19.2. The van der Waals surface area contributed by atoms with Crippen LogP contribution in [0.3, 0.4) is 0 Å². The maximum atomic E-state index is 2.45. The normalized spacial score (nSPS) is 11.8. The quantitative estimate of drug-likeness (QED) is 0.257. The van der Waals surface area contributed by atoms with E-state index in [1.165, 1.54) is 66.1 Å². The van der Waals surface area contributed by atoms with Crippen LogP contribution < -0.4 is 0 Å². The van der Waals surface area contributed by atoms with Crippen molar-refractivity contribution in [2.24, 2.45) is 0 Å². The molecule has 5 aromatic carbocycles. The van der Waals surface area contributed by atoms with Gasteiger partial charge in [-0.2, -0.15) is 0 Å². The lowest BCUT2D eigenvalue weighted by atomic mass is 10.1. The molecule has 2 nitrogen and oxygen atoms in total. The highest BCUT2D eigenvalue weighted by Gasteiger charge is 2.20. The van der Waals surface area contributed by atoms with Crippen molar-refractivity contribution in [2.75, 3.05) is 0 Å². The average molecular weight is 437 g/mol. The van der Waals surface area contributed by atoms with Gasteiger partial charge in [-0.1, -0.05) is 66.7 Å². The summed E-state index contributed by atoms with van der Waals surface area (Å²) in [6.07, 6.45) is 0. The second-order valence-corrected chi connectivity index (χ2v) is 9.24. The molecule has 0 saturated carbocycles. The summed E-state index contributed by atoms with van der Waals surface area (Å²) in [5.74, 6) is 0. The Morgan fingerprint density at radius 2 is 0.971 bits per heavy atom. The van der Waals surface area contributed by atoms with E-state index in [9.17, 15) is 0 Å². The van der Waals surface area contributed by atoms with Crippen molar-refractivity contribution in [2.45, 2.75) is 13.8 Å². The molecule has 0 aliphatic rings. The van der Waals surface area contributed by atoms with Crippen molar-refractivity contribution in [1.29, 1.82) is 0 Å². The number of benzene rings is 5. The van der Waals surface area contributed by atoms with Crippen molar-refractivity contribution >= 4 is 43.6 Å². The molecule has 0 amide bonds. The first-order valence-electron chi connectivity index (χ1n) is 11.8. The Kier molecular flexibility index (Phi) is 4.01. The zero-order valence-corrected chi connectivity index (χ0v) is 19.3. The van der Waals surface area contributed by atoms with Crippen molar-refractivity contribution in [3.63, 3.8) is 0 Å². The molecule has 7 rings (SSSR count). The third-order valence-corrected chi connectivity index (χ3v) is 7.00. The first-order valence-corrected chi connectivity index (χ1v) is 11.8. The van der Waals surface area contributed by atoms with Gasteiger partial charge < -0.3 is 9.13 Å². The van der Waals surface area contributed by atoms with E-state index in [1.54, 1.807) is 0 Å².